The summed E-state index contributed by atoms with van der Waals surface area (Å²) in [5, 5.41) is 18.6. The van der Waals surface area contributed by atoms with Crippen LogP contribution in [0.2, 0.25) is 0 Å². The molecule has 110 valence electrons. The van der Waals surface area contributed by atoms with Gasteiger partial charge in [-0.05, 0) is 31.4 Å². The van der Waals surface area contributed by atoms with Crippen molar-refractivity contribution in [3.63, 3.8) is 0 Å². The molecule has 0 saturated carbocycles. The molecule has 1 amide bonds. The van der Waals surface area contributed by atoms with Crippen molar-refractivity contribution in [1.82, 2.24) is 0 Å². The summed E-state index contributed by atoms with van der Waals surface area (Å²) in [4.78, 5) is 14.4. The third-order valence-electron chi connectivity index (χ3n) is 3.86. The van der Waals surface area contributed by atoms with Crippen LogP contribution in [-0.2, 0) is 4.79 Å². The number of ether oxygens (including phenoxy) is 1. The molecule has 5 nitrogen and oxygen atoms in total. The number of nitrogens with zero attached hydrogens (tertiary/aromatic N) is 1. The third-order valence-corrected chi connectivity index (χ3v) is 3.86. The Morgan fingerprint density at radius 3 is 2.60 bits per heavy atom. The number of aromatic hydroxyl groups is 1. The summed E-state index contributed by atoms with van der Waals surface area (Å²) < 4.78 is 5.91. The number of carbonyl (C=O) groups excluding carboxylic acids is 1. The number of rotatable bonds is 5. The van der Waals surface area contributed by atoms with Crippen LogP contribution in [-0.4, -0.2) is 34.9 Å². The Balaban J connectivity index is 2.47. The normalized spacial score (nSPS) is 16.8. The fourth-order valence-electron chi connectivity index (χ4n) is 2.56. The van der Waals surface area contributed by atoms with Crippen molar-refractivity contribution in [2.45, 2.75) is 38.7 Å². The number of benzene rings is 1. The number of aliphatic hydroxyl groups is 1. The van der Waals surface area contributed by atoms with Gasteiger partial charge in [-0.1, -0.05) is 13.8 Å². The summed E-state index contributed by atoms with van der Waals surface area (Å²) in [6, 6.07) is 4.75. The van der Waals surface area contributed by atoms with Crippen molar-refractivity contribution in [3.05, 3.63) is 18.2 Å². The topological polar surface area (TPSA) is 70.0 Å². The molecule has 1 aliphatic heterocycles. The van der Waals surface area contributed by atoms with Gasteiger partial charge in [0.25, 0.3) is 5.91 Å². The van der Waals surface area contributed by atoms with Crippen molar-refractivity contribution < 1.29 is 19.7 Å². The van der Waals surface area contributed by atoms with Gasteiger partial charge in [0.1, 0.15) is 11.5 Å². The maximum absolute atomic E-state index is 12.7. The van der Waals surface area contributed by atoms with E-state index in [1.165, 1.54) is 12.1 Å². The van der Waals surface area contributed by atoms with Crippen molar-refractivity contribution in [3.8, 4) is 11.5 Å². The molecule has 2 rings (SSSR count). The van der Waals surface area contributed by atoms with Gasteiger partial charge in [0, 0.05) is 19.2 Å². The van der Waals surface area contributed by atoms with E-state index in [0.29, 0.717) is 37.2 Å². The minimum Gasteiger partial charge on any atom is -0.508 e. The van der Waals surface area contributed by atoms with Crippen LogP contribution in [0.25, 0.3) is 0 Å². The quantitative estimate of drug-likeness (QED) is 0.865. The molecule has 0 fully saturated rings. The average molecular weight is 279 g/mol. The summed E-state index contributed by atoms with van der Waals surface area (Å²) >= 11 is 0. The highest BCUT2D eigenvalue weighted by molar-refractivity contribution is 6.02. The summed E-state index contributed by atoms with van der Waals surface area (Å²) in [7, 11) is 0. The molecule has 2 N–H and O–H groups in total. The first-order valence-corrected chi connectivity index (χ1v) is 7.03. The molecular weight excluding hydrogens is 258 g/mol. The molecule has 0 aromatic heterocycles. The Morgan fingerprint density at radius 2 is 2.00 bits per heavy atom. The Labute approximate surface area is 118 Å². The number of carbonyl (C=O) groups is 1. The number of amides is 1. The summed E-state index contributed by atoms with van der Waals surface area (Å²) in [5.74, 6) is 0.557. The fourth-order valence-corrected chi connectivity index (χ4v) is 2.56. The molecule has 0 aliphatic carbocycles. The van der Waals surface area contributed by atoms with Gasteiger partial charge in [0.05, 0.1) is 5.69 Å². The number of phenolic OH excluding ortho intramolecular Hbond substituents is 1. The van der Waals surface area contributed by atoms with Crippen molar-refractivity contribution in [2.75, 3.05) is 18.1 Å². The number of fused-ring (bicyclic) bond motifs is 1. The molecule has 1 aliphatic rings. The first kappa shape index (κ1) is 14.7. The Morgan fingerprint density at radius 1 is 1.30 bits per heavy atom. The molecule has 20 heavy (non-hydrogen) atoms. The van der Waals surface area contributed by atoms with E-state index >= 15 is 0 Å². The highest BCUT2D eigenvalue weighted by Gasteiger charge is 2.45. The SMILES string of the molecule is CCC1(CC)Oc2cc(O)ccc2N(CCCO)C1=O. The molecule has 0 spiro atoms. The molecule has 0 atom stereocenters. The van der Waals surface area contributed by atoms with Gasteiger partial charge in [0.15, 0.2) is 5.60 Å². The van der Waals surface area contributed by atoms with E-state index < -0.39 is 5.60 Å². The molecule has 0 saturated heterocycles. The Bertz CT molecular complexity index is 497. The standard InChI is InChI=1S/C15H21NO4/c1-3-15(4-2)14(19)16(8-5-9-17)12-7-6-11(18)10-13(12)20-15/h6-7,10,17-18H,3-5,8-9H2,1-2H3. The monoisotopic (exact) mass is 279 g/mol. The van der Waals surface area contributed by atoms with Crippen LogP contribution in [0, 0.1) is 0 Å². The van der Waals surface area contributed by atoms with E-state index in [1.807, 2.05) is 13.8 Å². The fraction of sp³-hybridized carbons (Fsp3) is 0.533. The van der Waals surface area contributed by atoms with Gasteiger partial charge in [-0.3, -0.25) is 4.79 Å². The van der Waals surface area contributed by atoms with Crippen LogP contribution in [0.1, 0.15) is 33.1 Å². The maximum atomic E-state index is 12.7. The number of hydrogen-bond acceptors (Lipinski definition) is 4. The third kappa shape index (κ3) is 2.33. The molecule has 0 bridgehead atoms. The van der Waals surface area contributed by atoms with E-state index in [9.17, 15) is 9.90 Å². The predicted molar refractivity (Wildman–Crippen MR) is 76.1 cm³/mol. The molecule has 5 heteroatoms. The molecule has 0 radical (unpaired) electrons. The van der Waals surface area contributed by atoms with Crippen LogP contribution in [0.3, 0.4) is 0 Å². The first-order chi connectivity index (χ1) is 9.57. The lowest BCUT2D eigenvalue weighted by atomic mass is 9.92. The smallest absolute Gasteiger partial charge is 0.271 e. The van der Waals surface area contributed by atoms with E-state index in [-0.39, 0.29) is 18.3 Å². The summed E-state index contributed by atoms with van der Waals surface area (Å²) in [6.45, 7) is 4.31. The minimum atomic E-state index is -0.879. The van der Waals surface area contributed by atoms with Crippen molar-refractivity contribution >= 4 is 11.6 Å². The van der Waals surface area contributed by atoms with Gasteiger partial charge in [-0.2, -0.15) is 0 Å². The Kier molecular flexibility index (Phi) is 4.18. The van der Waals surface area contributed by atoms with Crippen LogP contribution < -0.4 is 9.64 Å². The zero-order chi connectivity index (χ0) is 14.8. The number of aliphatic hydroxyl groups excluding tert-OH is 1. The maximum Gasteiger partial charge on any atom is 0.271 e. The lowest BCUT2D eigenvalue weighted by Gasteiger charge is -2.42. The van der Waals surface area contributed by atoms with Gasteiger partial charge >= 0.3 is 0 Å². The first-order valence-electron chi connectivity index (χ1n) is 7.03. The molecule has 0 unspecified atom stereocenters. The highest BCUT2D eigenvalue weighted by Crippen LogP contribution is 2.42. The lowest BCUT2D eigenvalue weighted by Crippen LogP contribution is -2.55. The number of phenols is 1. The summed E-state index contributed by atoms with van der Waals surface area (Å²) in [6.07, 6.45) is 1.63. The second-order valence-corrected chi connectivity index (χ2v) is 4.99. The van der Waals surface area contributed by atoms with Crippen LogP contribution in [0.15, 0.2) is 18.2 Å². The van der Waals surface area contributed by atoms with Crippen LogP contribution in [0.4, 0.5) is 5.69 Å². The van der Waals surface area contributed by atoms with E-state index in [2.05, 4.69) is 0 Å². The van der Waals surface area contributed by atoms with Gasteiger partial charge < -0.3 is 19.8 Å². The average Bonchev–Trinajstić information content (AvgIpc) is 2.46. The second kappa shape index (κ2) is 5.71. The van der Waals surface area contributed by atoms with E-state index in [0.717, 1.165) is 0 Å². The van der Waals surface area contributed by atoms with Crippen LogP contribution in [0.5, 0.6) is 11.5 Å². The largest absolute Gasteiger partial charge is 0.508 e. The number of hydrogen-bond donors (Lipinski definition) is 2. The van der Waals surface area contributed by atoms with E-state index in [1.54, 1.807) is 11.0 Å². The highest BCUT2D eigenvalue weighted by atomic mass is 16.5. The van der Waals surface area contributed by atoms with Gasteiger partial charge in [-0.25, -0.2) is 0 Å². The number of anilines is 1. The zero-order valence-electron chi connectivity index (χ0n) is 11.9. The second-order valence-electron chi connectivity index (χ2n) is 4.99. The minimum absolute atomic E-state index is 0.0311. The van der Waals surface area contributed by atoms with Gasteiger partial charge in [0.2, 0.25) is 0 Å². The van der Waals surface area contributed by atoms with Crippen molar-refractivity contribution in [1.29, 1.82) is 0 Å². The van der Waals surface area contributed by atoms with Crippen LogP contribution >= 0.6 is 0 Å². The van der Waals surface area contributed by atoms with E-state index in [4.69, 9.17) is 9.84 Å². The summed E-state index contributed by atoms with van der Waals surface area (Å²) in [5.41, 5.74) is -0.227. The predicted octanol–water partition coefficient (Wildman–Crippen LogP) is 2.06. The zero-order valence-corrected chi connectivity index (χ0v) is 11.9. The van der Waals surface area contributed by atoms with Gasteiger partial charge in [-0.15, -0.1) is 0 Å². The Hall–Kier alpha value is -1.75. The molecule has 1 aromatic rings. The lowest BCUT2D eigenvalue weighted by molar-refractivity contribution is -0.136. The molecular formula is C15H21NO4. The molecule has 1 heterocycles. The molecule has 1 aromatic carbocycles. The van der Waals surface area contributed by atoms with Crippen molar-refractivity contribution in [2.24, 2.45) is 0 Å².